The molecule has 2 aliphatic rings. The lowest BCUT2D eigenvalue weighted by Crippen LogP contribution is -2.40. The number of rotatable bonds is 3. The topological polar surface area (TPSA) is 131 Å². The van der Waals surface area contributed by atoms with Gasteiger partial charge in [-0.15, -0.1) is 0 Å². The van der Waals surface area contributed by atoms with Gasteiger partial charge < -0.3 is 9.47 Å². The highest BCUT2D eigenvalue weighted by molar-refractivity contribution is 6.34. The summed E-state index contributed by atoms with van der Waals surface area (Å²) in [5, 5.41) is 3.13. The molecule has 0 spiro atoms. The molecule has 0 radical (unpaired) electrons. The Morgan fingerprint density at radius 2 is 1.52 bits per heavy atom. The van der Waals surface area contributed by atoms with Gasteiger partial charge in [0, 0.05) is 35.5 Å². The Bertz CT molecular complexity index is 2000. The lowest BCUT2D eigenvalue weighted by atomic mass is 9.94. The molecule has 0 saturated carbocycles. The van der Waals surface area contributed by atoms with E-state index in [9.17, 15) is 19.2 Å². The number of imide groups is 1. The Kier molecular flexibility index (Phi) is 7.93. The molecule has 248 valence electrons. The number of anilines is 3. The van der Waals surface area contributed by atoms with E-state index >= 15 is 4.39 Å². The molecule has 0 aliphatic carbocycles. The summed E-state index contributed by atoms with van der Waals surface area (Å²) in [6, 6.07) is 9.52. The number of halogens is 1. The highest BCUT2D eigenvalue weighted by Crippen LogP contribution is 2.42. The summed E-state index contributed by atoms with van der Waals surface area (Å²) in [5.74, 6) is -1.82. The van der Waals surface area contributed by atoms with Crippen LogP contribution in [0.3, 0.4) is 0 Å². The van der Waals surface area contributed by atoms with Gasteiger partial charge in [0.2, 0.25) is 0 Å². The molecule has 0 fully saturated rings. The van der Waals surface area contributed by atoms with Crippen molar-refractivity contribution in [3.63, 3.8) is 0 Å². The van der Waals surface area contributed by atoms with E-state index in [1.54, 1.807) is 85.0 Å². The molecular formula is C36H36FN5O6. The molecule has 4 amide bonds. The number of benzene rings is 2. The third kappa shape index (κ3) is 5.94. The average molecular weight is 654 g/mol. The minimum Gasteiger partial charge on any atom is -0.444 e. The van der Waals surface area contributed by atoms with Crippen molar-refractivity contribution >= 4 is 52.0 Å². The zero-order valence-electron chi connectivity index (χ0n) is 27.9. The first-order valence-electron chi connectivity index (χ1n) is 15.6. The largest absolute Gasteiger partial charge is 0.444 e. The number of carbonyl (C=O) groups excluding carboxylic acids is 4. The van der Waals surface area contributed by atoms with Crippen LogP contribution in [-0.4, -0.2) is 51.7 Å². The van der Waals surface area contributed by atoms with Crippen LogP contribution in [0.5, 0.6) is 0 Å². The van der Waals surface area contributed by atoms with Crippen LogP contribution >= 0.6 is 0 Å². The summed E-state index contributed by atoms with van der Waals surface area (Å²) < 4.78 is 27.8. The summed E-state index contributed by atoms with van der Waals surface area (Å²) in [4.78, 5) is 64.2. The molecule has 2 aromatic carbocycles. The number of ether oxygens (including phenoxy) is 2. The van der Waals surface area contributed by atoms with Crippen molar-refractivity contribution in [2.24, 2.45) is 0 Å². The molecule has 48 heavy (non-hydrogen) atoms. The number of hydrogen-bond donors (Lipinski definition) is 1. The van der Waals surface area contributed by atoms with Crippen molar-refractivity contribution < 1.29 is 33.0 Å². The highest BCUT2D eigenvalue weighted by atomic mass is 19.1. The van der Waals surface area contributed by atoms with Crippen molar-refractivity contribution in [2.45, 2.75) is 72.5 Å². The van der Waals surface area contributed by atoms with Crippen LogP contribution in [0.25, 0.3) is 21.9 Å². The van der Waals surface area contributed by atoms with E-state index in [-0.39, 0.29) is 33.6 Å². The maximum Gasteiger partial charge on any atom is 0.414 e. The Labute approximate surface area is 277 Å². The predicted molar refractivity (Wildman–Crippen MR) is 179 cm³/mol. The second-order valence-corrected chi connectivity index (χ2v) is 13.8. The van der Waals surface area contributed by atoms with Crippen LogP contribution < -0.4 is 15.1 Å². The summed E-state index contributed by atoms with van der Waals surface area (Å²) in [5.41, 5.74) is 0.935. The molecule has 2 aliphatic heterocycles. The van der Waals surface area contributed by atoms with E-state index in [4.69, 9.17) is 9.47 Å². The molecule has 4 heterocycles. The molecule has 6 rings (SSSR count). The van der Waals surface area contributed by atoms with E-state index in [2.05, 4.69) is 15.3 Å². The first kappa shape index (κ1) is 32.5. The predicted octanol–water partition coefficient (Wildman–Crippen LogP) is 7.58. The summed E-state index contributed by atoms with van der Waals surface area (Å²) >= 11 is 0. The van der Waals surface area contributed by atoms with Crippen LogP contribution in [0.4, 0.5) is 31.2 Å². The molecule has 0 saturated heterocycles. The molecule has 2 aromatic heterocycles. The molecule has 11 nitrogen and oxygen atoms in total. The lowest BCUT2D eigenvalue weighted by Gasteiger charge is -2.33. The van der Waals surface area contributed by atoms with E-state index in [0.717, 1.165) is 4.90 Å². The number of nitrogens with one attached hydrogen (secondary N) is 1. The smallest absolute Gasteiger partial charge is 0.414 e. The summed E-state index contributed by atoms with van der Waals surface area (Å²) in [6.07, 6.45) is 2.72. The van der Waals surface area contributed by atoms with Crippen molar-refractivity contribution in [1.29, 1.82) is 0 Å². The van der Waals surface area contributed by atoms with E-state index in [1.807, 2.05) is 0 Å². The van der Waals surface area contributed by atoms with Crippen LogP contribution in [-0.2, 0) is 15.9 Å². The van der Waals surface area contributed by atoms with Gasteiger partial charge in [0.1, 0.15) is 17.0 Å². The van der Waals surface area contributed by atoms with Crippen molar-refractivity contribution in [1.82, 2.24) is 9.97 Å². The second kappa shape index (κ2) is 11.7. The van der Waals surface area contributed by atoms with Crippen molar-refractivity contribution in [3.8, 4) is 11.1 Å². The van der Waals surface area contributed by atoms with Gasteiger partial charge >= 0.3 is 12.2 Å². The molecule has 1 N–H and O–H groups in total. The molecule has 0 unspecified atom stereocenters. The Morgan fingerprint density at radius 3 is 2.15 bits per heavy atom. The first-order chi connectivity index (χ1) is 22.5. The van der Waals surface area contributed by atoms with Gasteiger partial charge in [-0.3, -0.25) is 24.8 Å². The summed E-state index contributed by atoms with van der Waals surface area (Å²) in [6.45, 7) is 12.6. The average Bonchev–Trinajstić information content (AvgIpc) is 3.26. The minimum atomic E-state index is -0.888. The number of hydrogen-bond acceptors (Lipinski definition) is 8. The van der Waals surface area contributed by atoms with E-state index in [1.165, 1.54) is 17.2 Å². The molecule has 0 bridgehead atoms. The quantitative estimate of drug-likeness (QED) is 0.224. The molecular weight excluding hydrogens is 617 g/mol. The van der Waals surface area contributed by atoms with E-state index in [0.29, 0.717) is 47.3 Å². The van der Waals surface area contributed by atoms with Crippen LogP contribution in [0, 0.1) is 12.7 Å². The van der Waals surface area contributed by atoms with E-state index < -0.39 is 41.0 Å². The zero-order chi connectivity index (χ0) is 34.7. The Morgan fingerprint density at radius 1 is 0.875 bits per heavy atom. The van der Waals surface area contributed by atoms with Crippen molar-refractivity contribution in [3.05, 3.63) is 77.0 Å². The van der Waals surface area contributed by atoms with Gasteiger partial charge in [0.25, 0.3) is 11.8 Å². The molecule has 4 aromatic rings. The van der Waals surface area contributed by atoms with Crippen LogP contribution in [0.15, 0.2) is 48.8 Å². The van der Waals surface area contributed by atoms with Gasteiger partial charge in [-0.05, 0) is 96.5 Å². The minimum absolute atomic E-state index is 0.0332. The van der Waals surface area contributed by atoms with Gasteiger partial charge in [-0.25, -0.2) is 23.9 Å². The second-order valence-electron chi connectivity index (χ2n) is 13.8. The van der Waals surface area contributed by atoms with Crippen molar-refractivity contribution in [2.75, 3.05) is 21.7 Å². The number of fused-ring (bicyclic) bond motifs is 3. The van der Waals surface area contributed by atoms with Gasteiger partial charge in [0.05, 0.1) is 28.2 Å². The number of nitrogens with zero attached hydrogens (tertiary/aromatic N) is 4. The third-order valence-electron chi connectivity index (χ3n) is 7.95. The number of carbonyl (C=O) groups is 4. The molecule has 12 heteroatoms. The highest BCUT2D eigenvalue weighted by Gasteiger charge is 2.37. The third-order valence-corrected chi connectivity index (χ3v) is 7.95. The fourth-order valence-corrected chi connectivity index (χ4v) is 5.98. The maximum atomic E-state index is 16.7. The number of aromatic nitrogens is 2. The van der Waals surface area contributed by atoms with Gasteiger partial charge in [-0.1, -0.05) is 12.1 Å². The fraction of sp³-hybridized carbons (Fsp3) is 0.333. The number of aryl methyl sites for hydroxylation is 1. The zero-order valence-corrected chi connectivity index (χ0v) is 27.9. The maximum absolute atomic E-state index is 16.7. The Balaban J connectivity index is 1.52. The molecule has 0 atom stereocenters. The van der Waals surface area contributed by atoms with Gasteiger partial charge in [0.15, 0.2) is 5.82 Å². The van der Waals surface area contributed by atoms with Gasteiger partial charge in [-0.2, -0.15) is 0 Å². The first-order valence-corrected chi connectivity index (χ1v) is 15.6. The number of pyridine rings is 2. The number of amides is 4. The van der Waals surface area contributed by atoms with Crippen LogP contribution in [0.1, 0.15) is 79.9 Å². The summed E-state index contributed by atoms with van der Waals surface area (Å²) in [7, 11) is 0. The standard InChI is InChI=1S/C36H36FN5O6/c1-19-24(17-38-26-13-10-14-41(30(19)26)34(46)48-36(5,6)7)23-15-20-16-27(42-31(43)21-11-8-9-12-22(21)32(42)44)39-18-25(20)29(28(23)37)40-33(45)47-35(2,3)4/h8-9,11-12,15-18H,10,13-14H2,1-7H3,(H,40,45). The fourth-order valence-electron chi connectivity index (χ4n) is 5.98. The normalized spacial score (nSPS) is 14.6. The monoisotopic (exact) mass is 653 g/mol. The SMILES string of the molecule is Cc1c(-c2cc3cc(N4C(=O)c5ccccc5C4=O)ncc3c(NC(=O)OC(C)(C)C)c2F)cnc2c1N(C(=O)OC(C)(C)C)CCC2. The Hall–Kier alpha value is -5.39. The lowest BCUT2D eigenvalue weighted by molar-refractivity contribution is 0.0575. The van der Waals surface area contributed by atoms with Crippen LogP contribution in [0.2, 0.25) is 0 Å².